The molecule has 0 aromatic heterocycles. The fraction of sp³-hybridized carbons (Fsp3) is 0.533. The lowest BCUT2D eigenvalue weighted by Crippen LogP contribution is -2.44. The van der Waals surface area contributed by atoms with Crippen LogP contribution in [0.5, 0.6) is 5.75 Å². The highest BCUT2D eigenvalue weighted by Crippen LogP contribution is 2.16. The lowest BCUT2D eigenvalue weighted by molar-refractivity contribution is 0.353. The van der Waals surface area contributed by atoms with E-state index in [0.29, 0.717) is 0 Å². The Hall–Kier alpha value is -1.57. The van der Waals surface area contributed by atoms with E-state index in [2.05, 4.69) is 16.3 Å². The summed E-state index contributed by atoms with van der Waals surface area (Å²) in [6.07, 6.45) is 1.57. The van der Waals surface area contributed by atoms with Crippen LogP contribution in [-0.4, -0.2) is 42.7 Å². The van der Waals surface area contributed by atoms with Crippen LogP contribution in [0.2, 0.25) is 0 Å². The molecule has 104 valence electrons. The van der Waals surface area contributed by atoms with E-state index < -0.39 is 5.54 Å². The smallest absolute Gasteiger partial charge is 0.115 e. The minimum absolute atomic E-state index is 0.274. The molecule has 0 saturated heterocycles. The van der Waals surface area contributed by atoms with E-state index in [4.69, 9.17) is 0 Å². The van der Waals surface area contributed by atoms with Crippen LogP contribution in [0.25, 0.3) is 0 Å². The van der Waals surface area contributed by atoms with E-state index in [9.17, 15) is 10.4 Å². The minimum Gasteiger partial charge on any atom is -0.508 e. The fourth-order valence-electron chi connectivity index (χ4n) is 1.80. The Morgan fingerprint density at radius 1 is 1.32 bits per heavy atom. The number of nitrogens with one attached hydrogen (secondary N) is 1. The van der Waals surface area contributed by atoms with Gasteiger partial charge >= 0.3 is 0 Å². The predicted molar refractivity (Wildman–Crippen MR) is 77.0 cm³/mol. The molecule has 2 N–H and O–H groups in total. The number of aryl methyl sites for hydroxylation is 1. The lowest BCUT2D eigenvalue weighted by atomic mass is 9.94. The van der Waals surface area contributed by atoms with Crippen LogP contribution in [0.3, 0.4) is 0 Å². The third-order valence-electron chi connectivity index (χ3n) is 3.17. The van der Waals surface area contributed by atoms with E-state index in [1.165, 1.54) is 0 Å². The second-order valence-electron chi connectivity index (χ2n) is 5.34. The van der Waals surface area contributed by atoms with Gasteiger partial charge in [0.15, 0.2) is 0 Å². The zero-order valence-corrected chi connectivity index (χ0v) is 12.0. The highest BCUT2D eigenvalue weighted by Gasteiger charge is 2.22. The Balaban J connectivity index is 2.47. The van der Waals surface area contributed by atoms with E-state index in [-0.39, 0.29) is 5.75 Å². The van der Waals surface area contributed by atoms with Gasteiger partial charge in [-0.1, -0.05) is 12.1 Å². The first-order valence-electron chi connectivity index (χ1n) is 6.54. The average molecular weight is 261 g/mol. The molecule has 19 heavy (non-hydrogen) atoms. The number of rotatable bonds is 7. The van der Waals surface area contributed by atoms with Crippen LogP contribution < -0.4 is 5.32 Å². The molecule has 0 bridgehead atoms. The summed E-state index contributed by atoms with van der Waals surface area (Å²) >= 11 is 0. The molecular formula is C15H23N3O. The molecule has 1 aromatic carbocycles. The van der Waals surface area contributed by atoms with Crippen molar-refractivity contribution in [3.63, 3.8) is 0 Å². The van der Waals surface area contributed by atoms with Crippen LogP contribution in [0.15, 0.2) is 24.3 Å². The van der Waals surface area contributed by atoms with Crippen molar-refractivity contribution in [3.8, 4) is 11.8 Å². The maximum atomic E-state index is 9.31. The summed E-state index contributed by atoms with van der Waals surface area (Å²) in [5, 5.41) is 21.8. The molecule has 1 unspecified atom stereocenters. The molecule has 0 aliphatic carbocycles. The van der Waals surface area contributed by atoms with Crippen molar-refractivity contribution in [3.05, 3.63) is 29.8 Å². The molecular weight excluding hydrogens is 238 g/mol. The van der Waals surface area contributed by atoms with Gasteiger partial charge in [-0.2, -0.15) is 5.26 Å². The number of phenols is 1. The molecule has 1 atom stereocenters. The molecule has 1 rings (SSSR count). The SMILES string of the molecule is CN(C)CCNC(C)(C#N)CCc1ccc(O)cc1. The van der Waals surface area contributed by atoms with Gasteiger partial charge in [0.25, 0.3) is 0 Å². The third kappa shape index (κ3) is 5.73. The second-order valence-corrected chi connectivity index (χ2v) is 5.34. The van der Waals surface area contributed by atoms with Gasteiger partial charge in [0.1, 0.15) is 11.3 Å². The van der Waals surface area contributed by atoms with Crippen molar-refractivity contribution in [1.29, 1.82) is 5.26 Å². The Morgan fingerprint density at radius 3 is 2.47 bits per heavy atom. The highest BCUT2D eigenvalue weighted by molar-refractivity contribution is 5.26. The molecule has 0 aliphatic rings. The van der Waals surface area contributed by atoms with Gasteiger partial charge in [-0.3, -0.25) is 5.32 Å². The van der Waals surface area contributed by atoms with E-state index in [0.717, 1.165) is 31.5 Å². The number of hydrogen-bond donors (Lipinski definition) is 2. The van der Waals surface area contributed by atoms with Gasteiger partial charge in [0, 0.05) is 13.1 Å². The van der Waals surface area contributed by atoms with Crippen molar-refractivity contribution >= 4 is 0 Å². The van der Waals surface area contributed by atoms with E-state index in [1.54, 1.807) is 12.1 Å². The predicted octanol–water partition coefficient (Wildman–Crippen LogP) is 1.76. The summed E-state index contributed by atoms with van der Waals surface area (Å²) in [6, 6.07) is 9.50. The Morgan fingerprint density at radius 2 is 1.95 bits per heavy atom. The number of aromatic hydroxyl groups is 1. The first-order chi connectivity index (χ1) is 8.95. The van der Waals surface area contributed by atoms with E-state index >= 15 is 0 Å². The minimum atomic E-state index is -0.506. The molecule has 0 saturated carbocycles. The second kappa shape index (κ2) is 7.13. The van der Waals surface area contributed by atoms with Crippen molar-refractivity contribution in [2.75, 3.05) is 27.2 Å². The summed E-state index contributed by atoms with van der Waals surface area (Å²) in [5.41, 5.74) is 0.627. The maximum Gasteiger partial charge on any atom is 0.115 e. The summed E-state index contributed by atoms with van der Waals surface area (Å²) in [5.74, 6) is 0.274. The average Bonchev–Trinajstić information content (AvgIpc) is 2.38. The number of hydrogen-bond acceptors (Lipinski definition) is 4. The Kier molecular flexibility index (Phi) is 5.81. The van der Waals surface area contributed by atoms with Crippen LogP contribution in [0.4, 0.5) is 0 Å². The number of nitriles is 1. The number of nitrogens with zero attached hydrogens (tertiary/aromatic N) is 2. The Bertz CT molecular complexity index is 422. The van der Waals surface area contributed by atoms with Crippen LogP contribution >= 0.6 is 0 Å². The summed E-state index contributed by atoms with van der Waals surface area (Å²) < 4.78 is 0. The van der Waals surface area contributed by atoms with Gasteiger partial charge in [-0.25, -0.2) is 0 Å². The quantitative estimate of drug-likeness (QED) is 0.785. The van der Waals surface area contributed by atoms with Crippen LogP contribution in [-0.2, 0) is 6.42 Å². The van der Waals surface area contributed by atoms with Gasteiger partial charge in [0.05, 0.1) is 6.07 Å². The Labute approximate surface area is 115 Å². The van der Waals surface area contributed by atoms with E-state index in [1.807, 2.05) is 33.2 Å². The summed E-state index contributed by atoms with van der Waals surface area (Å²) in [6.45, 7) is 3.65. The van der Waals surface area contributed by atoms with Crippen molar-refractivity contribution in [2.45, 2.75) is 25.3 Å². The zero-order chi connectivity index (χ0) is 14.3. The molecule has 0 amide bonds. The molecule has 0 fully saturated rings. The van der Waals surface area contributed by atoms with Crippen molar-refractivity contribution < 1.29 is 5.11 Å². The monoisotopic (exact) mass is 261 g/mol. The summed E-state index contributed by atoms with van der Waals surface area (Å²) in [4.78, 5) is 2.09. The maximum absolute atomic E-state index is 9.31. The van der Waals surface area contributed by atoms with Gasteiger partial charge < -0.3 is 10.0 Å². The first-order valence-corrected chi connectivity index (χ1v) is 6.54. The van der Waals surface area contributed by atoms with Gasteiger partial charge in [0.2, 0.25) is 0 Å². The molecule has 0 heterocycles. The summed E-state index contributed by atoms with van der Waals surface area (Å²) in [7, 11) is 4.03. The standard InChI is InChI=1S/C15H23N3O/c1-15(12-16,17-10-11-18(2)3)9-8-13-4-6-14(19)7-5-13/h4-7,17,19H,8-11H2,1-3H3. The lowest BCUT2D eigenvalue weighted by Gasteiger charge is -2.24. The number of benzene rings is 1. The number of likely N-dealkylation sites (N-methyl/N-ethyl adjacent to an activating group) is 1. The van der Waals surface area contributed by atoms with Gasteiger partial charge in [-0.15, -0.1) is 0 Å². The topological polar surface area (TPSA) is 59.3 Å². The fourth-order valence-corrected chi connectivity index (χ4v) is 1.80. The number of phenolic OH excluding ortho intramolecular Hbond substituents is 1. The normalized spacial score (nSPS) is 14.1. The zero-order valence-electron chi connectivity index (χ0n) is 12.0. The van der Waals surface area contributed by atoms with Gasteiger partial charge in [-0.05, 0) is 51.6 Å². The third-order valence-corrected chi connectivity index (χ3v) is 3.17. The largest absolute Gasteiger partial charge is 0.508 e. The van der Waals surface area contributed by atoms with Crippen molar-refractivity contribution in [1.82, 2.24) is 10.2 Å². The van der Waals surface area contributed by atoms with Crippen LogP contribution in [0, 0.1) is 11.3 Å². The molecule has 1 aromatic rings. The molecule has 0 radical (unpaired) electrons. The highest BCUT2D eigenvalue weighted by atomic mass is 16.3. The molecule has 0 spiro atoms. The molecule has 0 aliphatic heterocycles. The molecule has 4 nitrogen and oxygen atoms in total. The van der Waals surface area contributed by atoms with Crippen LogP contribution in [0.1, 0.15) is 18.9 Å². The molecule has 4 heteroatoms. The first kappa shape index (κ1) is 15.5. The van der Waals surface area contributed by atoms with Crippen molar-refractivity contribution in [2.24, 2.45) is 0 Å².